The van der Waals surface area contributed by atoms with Gasteiger partial charge >= 0.3 is 5.97 Å². The first-order valence-corrected chi connectivity index (χ1v) is 6.58. The fourth-order valence-electron chi connectivity index (χ4n) is 1.34. The van der Waals surface area contributed by atoms with Crippen LogP contribution in [-0.4, -0.2) is 37.3 Å². The molecule has 0 aliphatic heterocycles. The summed E-state index contributed by atoms with van der Waals surface area (Å²) in [6.45, 7) is 0. The number of carbonyl (C=O) groups is 1. The fraction of sp³-hybridized carbons (Fsp3) is 0.333. The van der Waals surface area contributed by atoms with Gasteiger partial charge < -0.3 is 19.0 Å². The third-order valence-electron chi connectivity index (χ3n) is 2.30. The summed E-state index contributed by atoms with van der Waals surface area (Å²) in [7, 11) is 4.42. The van der Waals surface area contributed by atoms with Crippen LogP contribution in [-0.2, 0) is 9.63 Å². The normalized spacial score (nSPS) is 11.3. The van der Waals surface area contributed by atoms with Crippen molar-refractivity contribution >= 4 is 47.0 Å². The standard InChI is InChI=1S/C12H12Cl3NO5/c1-18-7-4-9(19-2)8(10(5-7)20-3)6-16-21-11(17)12(13,14)15/h4-6H,1-3H3/b16-6-. The van der Waals surface area contributed by atoms with E-state index in [1.54, 1.807) is 12.1 Å². The summed E-state index contributed by atoms with van der Waals surface area (Å²) in [5, 5.41) is 3.45. The largest absolute Gasteiger partial charge is 0.496 e. The molecule has 21 heavy (non-hydrogen) atoms. The number of benzene rings is 1. The first-order valence-electron chi connectivity index (χ1n) is 5.45. The Bertz CT molecular complexity index is 517. The van der Waals surface area contributed by atoms with E-state index in [0.29, 0.717) is 22.8 Å². The van der Waals surface area contributed by atoms with Gasteiger partial charge in [-0.05, 0) is 0 Å². The number of alkyl halides is 3. The van der Waals surface area contributed by atoms with Gasteiger partial charge in [0, 0.05) is 12.1 Å². The minimum atomic E-state index is -2.20. The van der Waals surface area contributed by atoms with E-state index in [4.69, 9.17) is 49.0 Å². The van der Waals surface area contributed by atoms with Crippen molar-refractivity contribution in [2.75, 3.05) is 21.3 Å². The lowest BCUT2D eigenvalue weighted by Crippen LogP contribution is -2.19. The van der Waals surface area contributed by atoms with Crippen LogP contribution in [0.5, 0.6) is 17.2 Å². The van der Waals surface area contributed by atoms with E-state index in [0.717, 1.165) is 0 Å². The Hall–Kier alpha value is -1.37. The van der Waals surface area contributed by atoms with E-state index in [-0.39, 0.29) is 0 Å². The molecule has 0 aliphatic rings. The second kappa shape index (κ2) is 7.59. The lowest BCUT2D eigenvalue weighted by atomic mass is 10.2. The van der Waals surface area contributed by atoms with Crippen LogP contribution in [0.15, 0.2) is 17.3 Å². The van der Waals surface area contributed by atoms with Crippen LogP contribution in [0.3, 0.4) is 0 Å². The number of hydrogen-bond acceptors (Lipinski definition) is 6. The maximum Gasteiger partial charge on any atom is 0.386 e. The van der Waals surface area contributed by atoms with E-state index >= 15 is 0 Å². The van der Waals surface area contributed by atoms with E-state index in [2.05, 4.69) is 9.99 Å². The molecule has 1 aromatic rings. The average Bonchev–Trinajstić information content (AvgIpc) is 2.45. The Balaban J connectivity index is 3.04. The number of oxime groups is 1. The van der Waals surface area contributed by atoms with E-state index in [1.807, 2.05) is 0 Å². The van der Waals surface area contributed by atoms with Crippen molar-refractivity contribution in [3.63, 3.8) is 0 Å². The number of carbonyl (C=O) groups excluding carboxylic acids is 1. The molecule has 1 aromatic carbocycles. The summed E-state index contributed by atoms with van der Waals surface area (Å²) >= 11 is 16.0. The molecule has 0 radical (unpaired) electrons. The molecule has 0 bridgehead atoms. The molecule has 0 aliphatic carbocycles. The minimum Gasteiger partial charge on any atom is -0.496 e. The summed E-state index contributed by atoms with van der Waals surface area (Å²) in [4.78, 5) is 15.7. The van der Waals surface area contributed by atoms with Crippen LogP contribution in [0.4, 0.5) is 0 Å². The first kappa shape index (κ1) is 17.7. The molecule has 0 N–H and O–H groups in total. The molecule has 9 heteroatoms. The summed E-state index contributed by atoms with van der Waals surface area (Å²) in [5.74, 6) is 0.203. The molecule has 0 heterocycles. The number of halogens is 3. The van der Waals surface area contributed by atoms with Gasteiger partial charge in [0.15, 0.2) is 0 Å². The van der Waals surface area contributed by atoms with Crippen molar-refractivity contribution < 1.29 is 23.8 Å². The predicted molar refractivity (Wildman–Crippen MR) is 80.1 cm³/mol. The van der Waals surface area contributed by atoms with Crippen molar-refractivity contribution in [3.05, 3.63) is 17.7 Å². The van der Waals surface area contributed by atoms with E-state index in [1.165, 1.54) is 27.5 Å². The van der Waals surface area contributed by atoms with Crippen LogP contribution in [0, 0.1) is 0 Å². The zero-order chi connectivity index (χ0) is 16.0. The summed E-state index contributed by atoms with van der Waals surface area (Å²) in [5.41, 5.74) is 0.429. The van der Waals surface area contributed by atoms with E-state index < -0.39 is 9.76 Å². The maximum absolute atomic E-state index is 11.2. The van der Waals surface area contributed by atoms with Crippen LogP contribution in [0.2, 0.25) is 0 Å². The summed E-state index contributed by atoms with van der Waals surface area (Å²) in [6, 6.07) is 3.22. The highest BCUT2D eigenvalue weighted by Gasteiger charge is 2.33. The van der Waals surface area contributed by atoms with Crippen molar-refractivity contribution in [2.24, 2.45) is 5.16 Å². The Kier molecular flexibility index (Phi) is 6.39. The van der Waals surface area contributed by atoms with Gasteiger partial charge in [0.25, 0.3) is 3.79 Å². The van der Waals surface area contributed by atoms with Gasteiger partial charge in [-0.3, -0.25) is 0 Å². The molecule has 0 aromatic heterocycles. The lowest BCUT2D eigenvalue weighted by Gasteiger charge is -2.12. The molecule has 0 amide bonds. The first-order chi connectivity index (χ1) is 9.83. The SMILES string of the molecule is COc1cc(OC)c(/C=N\OC(=O)C(Cl)(Cl)Cl)c(OC)c1. The van der Waals surface area contributed by atoms with Gasteiger partial charge in [-0.2, -0.15) is 0 Å². The quantitative estimate of drug-likeness (QED) is 0.351. The number of nitrogens with zero attached hydrogens (tertiary/aromatic N) is 1. The highest BCUT2D eigenvalue weighted by atomic mass is 35.6. The average molecular weight is 357 g/mol. The van der Waals surface area contributed by atoms with Crippen molar-refractivity contribution in [2.45, 2.75) is 3.79 Å². The van der Waals surface area contributed by atoms with Gasteiger partial charge in [-0.25, -0.2) is 4.79 Å². The van der Waals surface area contributed by atoms with Gasteiger partial charge in [0.2, 0.25) is 0 Å². The molecule has 0 spiro atoms. The van der Waals surface area contributed by atoms with Crippen LogP contribution < -0.4 is 14.2 Å². The molecule has 0 saturated carbocycles. The van der Waals surface area contributed by atoms with Gasteiger partial charge in [0.05, 0.1) is 33.1 Å². The van der Waals surface area contributed by atoms with Crippen molar-refractivity contribution in [3.8, 4) is 17.2 Å². The smallest absolute Gasteiger partial charge is 0.386 e. The lowest BCUT2D eigenvalue weighted by molar-refractivity contribution is -0.142. The van der Waals surface area contributed by atoms with E-state index in [9.17, 15) is 4.79 Å². The third kappa shape index (κ3) is 4.84. The Labute approximate surface area is 136 Å². The molecule has 6 nitrogen and oxygen atoms in total. The molecule has 0 fully saturated rings. The number of methoxy groups -OCH3 is 3. The Morgan fingerprint density at radius 3 is 2.00 bits per heavy atom. The third-order valence-corrected chi connectivity index (χ3v) is 2.76. The highest BCUT2D eigenvalue weighted by Crippen LogP contribution is 2.33. The van der Waals surface area contributed by atoms with Crippen molar-refractivity contribution in [1.29, 1.82) is 0 Å². The second-order valence-corrected chi connectivity index (χ2v) is 5.84. The molecule has 0 unspecified atom stereocenters. The molecule has 116 valence electrons. The summed E-state index contributed by atoms with van der Waals surface area (Å²) < 4.78 is 13.3. The fourth-order valence-corrected chi connectivity index (χ4v) is 1.44. The molecule has 1 rings (SSSR count). The molecule has 0 atom stereocenters. The zero-order valence-corrected chi connectivity index (χ0v) is 13.6. The van der Waals surface area contributed by atoms with Crippen LogP contribution in [0.25, 0.3) is 0 Å². The number of rotatable bonds is 5. The second-order valence-electron chi connectivity index (χ2n) is 3.56. The Morgan fingerprint density at radius 2 is 1.62 bits per heavy atom. The van der Waals surface area contributed by atoms with Gasteiger partial charge in [-0.1, -0.05) is 40.0 Å². The molecule has 0 saturated heterocycles. The van der Waals surface area contributed by atoms with Crippen LogP contribution >= 0.6 is 34.8 Å². The minimum absolute atomic E-state index is 0.403. The van der Waals surface area contributed by atoms with Gasteiger partial charge in [-0.15, -0.1) is 0 Å². The van der Waals surface area contributed by atoms with Gasteiger partial charge in [0.1, 0.15) is 17.2 Å². The predicted octanol–water partition coefficient (Wildman–Crippen LogP) is 2.96. The summed E-state index contributed by atoms with van der Waals surface area (Å²) in [6.07, 6.45) is 1.20. The number of ether oxygens (including phenoxy) is 3. The topological polar surface area (TPSA) is 66.3 Å². The Morgan fingerprint density at radius 1 is 1.10 bits per heavy atom. The zero-order valence-electron chi connectivity index (χ0n) is 11.4. The number of hydrogen-bond donors (Lipinski definition) is 0. The molecular formula is C12H12Cl3NO5. The highest BCUT2D eigenvalue weighted by molar-refractivity contribution is 6.75. The van der Waals surface area contributed by atoms with Crippen LogP contribution in [0.1, 0.15) is 5.56 Å². The molecular weight excluding hydrogens is 344 g/mol. The van der Waals surface area contributed by atoms with Crippen molar-refractivity contribution in [1.82, 2.24) is 0 Å². The monoisotopic (exact) mass is 355 g/mol. The maximum atomic E-state index is 11.2.